The number of amides is 1. The molecule has 0 spiro atoms. The van der Waals surface area contributed by atoms with Gasteiger partial charge in [-0.05, 0) is 37.9 Å². The Morgan fingerprint density at radius 1 is 1.03 bits per heavy atom. The highest BCUT2D eigenvalue weighted by molar-refractivity contribution is 5.79. The molecule has 2 aliphatic rings. The first-order valence-corrected chi connectivity index (χ1v) is 12.2. The number of anilines is 1. The van der Waals surface area contributed by atoms with Crippen molar-refractivity contribution in [1.82, 2.24) is 25.1 Å². The van der Waals surface area contributed by atoms with E-state index in [4.69, 9.17) is 0 Å². The Bertz CT molecular complexity index is 909. The lowest BCUT2D eigenvalue weighted by Gasteiger charge is -2.35. The van der Waals surface area contributed by atoms with E-state index in [1.165, 1.54) is 31.4 Å². The standard InChI is InChI=1S/C25H35FN6O/c1-2-9-30-13-15-31(16-14-30)12-8-27-25(33)20-6-10-32(11-7-20)24-18-23(28-19-29-24)21-4-3-5-22(26)17-21/h3-5,17-20H,2,6-16H2,1H3,(H,27,33). The van der Waals surface area contributed by atoms with E-state index in [-0.39, 0.29) is 17.6 Å². The van der Waals surface area contributed by atoms with Gasteiger partial charge in [0.25, 0.3) is 0 Å². The number of aromatic nitrogens is 2. The maximum Gasteiger partial charge on any atom is 0.223 e. The monoisotopic (exact) mass is 454 g/mol. The van der Waals surface area contributed by atoms with Crippen molar-refractivity contribution in [2.45, 2.75) is 26.2 Å². The number of piperazine rings is 1. The van der Waals surface area contributed by atoms with E-state index < -0.39 is 0 Å². The number of benzene rings is 1. The molecule has 178 valence electrons. The van der Waals surface area contributed by atoms with Gasteiger partial charge in [-0.3, -0.25) is 9.69 Å². The van der Waals surface area contributed by atoms with Crippen molar-refractivity contribution in [2.75, 3.05) is 63.8 Å². The van der Waals surface area contributed by atoms with Gasteiger partial charge in [-0.15, -0.1) is 0 Å². The first-order valence-electron chi connectivity index (χ1n) is 12.2. The van der Waals surface area contributed by atoms with Crippen molar-refractivity contribution in [3.63, 3.8) is 0 Å². The lowest BCUT2D eigenvalue weighted by atomic mass is 9.96. The molecule has 0 unspecified atom stereocenters. The van der Waals surface area contributed by atoms with Crippen molar-refractivity contribution in [3.05, 3.63) is 42.5 Å². The number of nitrogens with one attached hydrogen (secondary N) is 1. The Hall–Kier alpha value is -2.58. The summed E-state index contributed by atoms with van der Waals surface area (Å²) < 4.78 is 13.6. The first kappa shape index (κ1) is 23.6. The third-order valence-electron chi connectivity index (χ3n) is 6.69. The number of nitrogens with zero attached hydrogens (tertiary/aromatic N) is 5. The van der Waals surface area contributed by atoms with E-state index in [1.807, 2.05) is 12.1 Å². The van der Waals surface area contributed by atoms with Crippen LogP contribution in [0, 0.1) is 11.7 Å². The summed E-state index contributed by atoms with van der Waals surface area (Å²) in [6.07, 6.45) is 4.35. The summed E-state index contributed by atoms with van der Waals surface area (Å²) in [5.41, 5.74) is 1.44. The number of halogens is 1. The van der Waals surface area contributed by atoms with Gasteiger partial charge in [0.05, 0.1) is 5.69 Å². The van der Waals surface area contributed by atoms with Crippen molar-refractivity contribution < 1.29 is 9.18 Å². The molecule has 2 fully saturated rings. The van der Waals surface area contributed by atoms with Gasteiger partial charge in [0.1, 0.15) is 18.0 Å². The molecule has 4 rings (SSSR count). The number of piperidine rings is 1. The van der Waals surface area contributed by atoms with E-state index in [0.29, 0.717) is 5.69 Å². The van der Waals surface area contributed by atoms with Gasteiger partial charge >= 0.3 is 0 Å². The molecule has 2 aromatic rings. The largest absolute Gasteiger partial charge is 0.356 e. The second kappa shape index (κ2) is 11.5. The second-order valence-corrected chi connectivity index (χ2v) is 9.01. The normalized spacial score (nSPS) is 18.4. The topological polar surface area (TPSA) is 64.6 Å². The van der Waals surface area contributed by atoms with E-state index in [1.54, 1.807) is 6.07 Å². The molecule has 3 heterocycles. The van der Waals surface area contributed by atoms with Gasteiger partial charge < -0.3 is 15.1 Å². The van der Waals surface area contributed by atoms with E-state index in [0.717, 1.165) is 76.6 Å². The summed E-state index contributed by atoms with van der Waals surface area (Å²) in [5, 5.41) is 3.15. The Kier molecular flexibility index (Phi) is 8.23. The average molecular weight is 455 g/mol. The minimum Gasteiger partial charge on any atom is -0.356 e. The van der Waals surface area contributed by atoms with Crippen molar-refractivity contribution in [3.8, 4) is 11.3 Å². The van der Waals surface area contributed by atoms with Crippen molar-refractivity contribution in [2.24, 2.45) is 5.92 Å². The average Bonchev–Trinajstić information content (AvgIpc) is 2.85. The molecule has 0 atom stereocenters. The molecule has 0 bridgehead atoms. The molecule has 1 aromatic heterocycles. The number of rotatable bonds is 8. The van der Waals surface area contributed by atoms with Crippen LogP contribution in [0.15, 0.2) is 36.7 Å². The summed E-state index contributed by atoms with van der Waals surface area (Å²) in [5.74, 6) is 0.762. The molecule has 1 amide bonds. The van der Waals surface area contributed by atoms with Crippen molar-refractivity contribution in [1.29, 1.82) is 0 Å². The van der Waals surface area contributed by atoms with Gasteiger partial charge in [0, 0.05) is 69.9 Å². The highest BCUT2D eigenvalue weighted by atomic mass is 19.1. The number of carbonyl (C=O) groups excluding carboxylic acids is 1. The smallest absolute Gasteiger partial charge is 0.223 e. The maximum absolute atomic E-state index is 13.6. The molecule has 1 aromatic carbocycles. The Morgan fingerprint density at radius 3 is 2.45 bits per heavy atom. The molecule has 0 radical (unpaired) electrons. The van der Waals surface area contributed by atoms with Gasteiger partial charge in [-0.25, -0.2) is 14.4 Å². The summed E-state index contributed by atoms with van der Waals surface area (Å²) >= 11 is 0. The Morgan fingerprint density at radius 2 is 1.76 bits per heavy atom. The molecule has 8 heteroatoms. The molecule has 2 aliphatic heterocycles. The molecular formula is C25H35FN6O. The van der Waals surface area contributed by atoms with Crippen LogP contribution in [0.2, 0.25) is 0 Å². The van der Waals surface area contributed by atoms with Crippen molar-refractivity contribution >= 4 is 11.7 Å². The second-order valence-electron chi connectivity index (χ2n) is 9.01. The highest BCUT2D eigenvalue weighted by Gasteiger charge is 2.26. The summed E-state index contributed by atoms with van der Waals surface area (Å²) in [4.78, 5) is 28.5. The van der Waals surface area contributed by atoms with Gasteiger partial charge in [0.15, 0.2) is 0 Å². The van der Waals surface area contributed by atoms with Gasteiger partial charge in [-0.1, -0.05) is 19.1 Å². The molecule has 7 nitrogen and oxygen atoms in total. The fourth-order valence-corrected chi connectivity index (χ4v) is 4.73. The number of hydrogen-bond acceptors (Lipinski definition) is 6. The minimum absolute atomic E-state index is 0.0483. The molecule has 2 saturated heterocycles. The van der Waals surface area contributed by atoms with Crippen LogP contribution in [0.3, 0.4) is 0 Å². The van der Waals surface area contributed by atoms with Crippen LogP contribution in [0.1, 0.15) is 26.2 Å². The quantitative estimate of drug-likeness (QED) is 0.662. The fraction of sp³-hybridized carbons (Fsp3) is 0.560. The third kappa shape index (κ3) is 6.48. The van der Waals surface area contributed by atoms with Crippen LogP contribution < -0.4 is 10.2 Å². The fourth-order valence-electron chi connectivity index (χ4n) is 4.73. The van der Waals surface area contributed by atoms with Crippen LogP contribution in [0.25, 0.3) is 11.3 Å². The molecule has 1 N–H and O–H groups in total. The van der Waals surface area contributed by atoms with E-state index in [9.17, 15) is 9.18 Å². The Labute approximate surface area is 196 Å². The number of hydrogen-bond donors (Lipinski definition) is 1. The highest BCUT2D eigenvalue weighted by Crippen LogP contribution is 2.25. The molecular weight excluding hydrogens is 419 g/mol. The van der Waals surface area contributed by atoms with Gasteiger partial charge in [-0.2, -0.15) is 0 Å². The summed E-state index contributed by atoms with van der Waals surface area (Å²) in [6.45, 7) is 11.0. The Balaban J connectivity index is 1.21. The lowest BCUT2D eigenvalue weighted by molar-refractivity contribution is -0.125. The molecule has 0 aliphatic carbocycles. The molecule has 33 heavy (non-hydrogen) atoms. The zero-order valence-electron chi connectivity index (χ0n) is 19.5. The third-order valence-corrected chi connectivity index (χ3v) is 6.69. The molecule has 0 saturated carbocycles. The van der Waals surface area contributed by atoms with Crippen LogP contribution in [0.4, 0.5) is 10.2 Å². The van der Waals surface area contributed by atoms with Crippen LogP contribution in [-0.2, 0) is 4.79 Å². The van der Waals surface area contributed by atoms with Gasteiger partial charge in [0.2, 0.25) is 5.91 Å². The predicted molar refractivity (Wildman–Crippen MR) is 129 cm³/mol. The SMILES string of the molecule is CCCN1CCN(CCNC(=O)C2CCN(c3cc(-c4cccc(F)c4)ncn3)CC2)CC1. The van der Waals surface area contributed by atoms with Crippen LogP contribution in [0.5, 0.6) is 0 Å². The van der Waals surface area contributed by atoms with E-state index in [2.05, 4.69) is 36.9 Å². The maximum atomic E-state index is 13.6. The zero-order valence-corrected chi connectivity index (χ0v) is 19.5. The van der Waals surface area contributed by atoms with E-state index >= 15 is 0 Å². The lowest BCUT2D eigenvalue weighted by Crippen LogP contribution is -2.49. The first-order chi connectivity index (χ1) is 16.1. The van der Waals surface area contributed by atoms with Crippen LogP contribution >= 0.6 is 0 Å². The number of carbonyl (C=O) groups is 1. The summed E-state index contributed by atoms with van der Waals surface area (Å²) in [6, 6.07) is 8.33. The predicted octanol–water partition coefficient (Wildman–Crippen LogP) is 2.64. The summed E-state index contributed by atoms with van der Waals surface area (Å²) in [7, 11) is 0. The zero-order chi connectivity index (χ0) is 23.0. The van der Waals surface area contributed by atoms with Crippen LogP contribution in [-0.4, -0.2) is 84.6 Å². The minimum atomic E-state index is -0.279.